The van der Waals surface area contributed by atoms with Gasteiger partial charge in [-0.1, -0.05) is 19.9 Å². The Morgan fingerprint density at radius 3 is 2.64 bits per heavy atom. The van der Waals surface area contributed by atoms with Crippen LogP contribution in [-0.4, -0.2) is 84.8 Å². The largest absolute Gasteiger partial charge is 0.311 e. The van der Waals surface area contributed by atoms with Gasteiger partial charge in [0.25, 0.3) is 0 Å². The normalized spacial score (nSPS) is 24.7. The van der Waals surface area contributed by atoms with E-state index >= 15 is 0 Å². The van der Waals surface area contributed by atoms with Gasteiger partial charge in [0, 0.05) is 86.7 Å². The quantitative estimate of drug-likeness (QED) is 0.551. The zero-order valence-electron chi connectivity index (χ0n) is 22.6. The number of hydrogen-bond acceptors (Lipinski definition) is 5. The number of nitrogens with one attached hydrogen (secondary N) is 1. The first kappa shape index (κ1) is 31.6. The third-order valence-corrected chi connectivity index (χ3v) is 7.95. The van der Waals surface area contributed by atoms with Crippen molar-refractivity contribution in [2.24, 2.45) is 0 Å². The molecule has 3 aliphatic rings. The van der Waals surface area contributed by atoms with Gasteiger partial charge in [0.1, 0.15) is 17.8 Å². The van der Waals surface area contributed by atoms with E-state index in [0.717, 1.165) is 43.5 Å². The zero-order valence-corrected chi connectivity index (χ0v) is 24.3. The first-order valence-electron chi connectivity index (χ1n) is 13.2. The Hall–Kier alpha value is -1.91. The van der Waals surface area contributed by atoms with Crippen molar-refractivity contribution < 1.29 is 18.0 Å². The molecule has 1 aromatic heterocycles. The second-order valence-corrected chi connectivity index (χ2v) is 11.5. The van der Waals surface area contributed by atoms with Crippen LogP contribution in [0.3, 0.4) is 0 Å². The van der Waals surface area contributed by atoms with Crippen molar-refractivity contribution in [3.8, 4) is 0 Å². The molecular weight excluding hydrogens is 550 g/mol. The summed E-state index contributed by atoms with van der Waals surface area (Å²) < 4.78 is 41.4. The van der Waals surface area contributed by atoms with E-state index < -0.39 is 17.8 Å². The summed E-state index contributed by atoms with van der Waals surface area (Å²) in [6.45, 7) is 10.6. The minimum Gasteiger partial charge on any atom is -0.311 e. The van der Waals surface area contributed by atoms with E-state index in [-0.39, 0.29) is 61.2 Å². The van der Waals surface area contributed by atoms with E-state index in [1.54, 1.807) is 6.20 Å². The number of amides is 1. The van der Waals surface area contributed by atoms with Crippen molar-refractivity contribution in [3.05, 3.63) is 58.9 Å². The smallest absolute Gasteiger partial charge is 0.241 e. The third-order valence-electron chi connectivity index (χ3n) is 7.95. The Morgan fingerprint density at radius 2 is 1.95 bits per heavy atom. The molecule has 11 heteroatoms. The number of aromatic nitrogens is 1. The lowest BCUT2D eigenvalue weighted by molar-refractivity contribution is -0.120. The van der Waals surface area contributed by atoms with Crippen LogP contribution in [0.2, 0.25) is 0 Å². The van der Waals surface area contributed by atoms with Gasteiger partial charge < -0.3 is 10.2 Å². The van der Waals surface area contributed by atoms with Gasteiger partial charge in [0.05, 0.1) is 12.2 Å². The second-order valence-electron chi connectivity index (χ2n) is 11.5. The molecule has 1 amide bonds. The lowest BCUT2D eigenvalue weighted by Gasteiger charge is -2.41. The molecule has 39 heavy (non-hydrogen) atoms. The molecule has 3 atom stereocenters. The highest BCUT2D eigenvalue weighted by atomic mass is 35.5. The molecule has 2 fully saturated rings. The van der Waals surface area contributed by atoms with Gasteiger partial charge in [-0.2, -0.15) is 0 Å². The van der Waals surface area contributed by atoms with Gasteiger partial charge in [-0.25, -0.2) is 13.2 Å². The van der Waals surface area contributed by atoms with Crippen molar-refractivity contribution in [2.45, 2.75) is 57.3 Å². The monoisotopic (exact) mass is 587 g/mol. The number of anilines is 1. The van der Waals surface area contributed by atoms with Crippen LogP contribution in [0.5, 0.6) is 0 Å². The lowest BCUT2D eigenvalue weighted by atomic mass is 9.88. The second kappa shape index (κ2) is 12.7. The lowest BCUT2D eigenvalue weighted by Crippen LogP contribution is -2.60. The molecule has 0 saturated carbocycles. The highest BCUT2D eigenvalue weighted by Gasteiger charge is 2.40. The van der Waals surface area contributed by atoms with Crippen LogP contribution in [0.4, 0.5) is 18.9 Å². The number of likely N-dealkylation sites (tertiary alicyclic amines) is 1. The van der Waals surface area contributed by atoms with Crippen LogP contribution in [0.1, 0.15) is 44.0 Å². The van der Waals surface area contributed by atoms with Gasteiger partial charge in [0.15, 0.2) is 0 Å². The molecule has 2 aromatic rings. The van der Waals surface area contributed by atoms with Crippen LogP contribution in [-0.2, 0) is 16.6 Å². The molecule has 5 rings (SSSR count). The molecule has 1 N–H and O–H groups in total. The summed E-state index contributed by atoms with van der Waals surface area (Å²) in [4.78, 5) is 24.5. The molecule has 0 spiro atoms. The SMILES string of the molecule is CC1CN(CC(=O)N2CC(C)(C)c3cnc(Cc4ccc(F)cc4F)cc32)C(CN2CCC(F)C2)CN1.Cl.Cl. The number of pyridine rings is 1. The van der Waals surface area contributed by atoms with E-state index in [2.05, 4.69) is 40.9 Å². The fraction of sp³-hybridized carbons (Fsp3) is 0.571. The summed E-state index contributed by atoms with van der Waals surface area (Å²) in [5.74, 6) is -1.20. The van der Waals surface area contributed by atoms with Crippen molar-refractivity contribution in [2.75, 3.05) is 50.7 Å². The summed E-state index contributed by atoms with van der Waals surface area (Å²) in [6, 6.07) is 5.82. The Morgan fingerprint density at radius 1 is 1.18 bits per heavy atom. The first-order valence-corrected chi connectivity index (χ1v) is 13.2. The summed E-state index contributed by atoms with van der Waals surface area (Å²) in [5, 5.41) is 3.51. The number of fused-ring (bicyclic) bond motifs is 1. The summed E-state index contributed by atoms with van der Waals surface area (Å²) in [5.41, 5.74) is 2.52. The molecule has 3 unspecified atom stereocenters. The fourth-order valence-corrected chi connectivity index (χ4v) is 5.89. The predicted octanol–water partition coefficient (Wildman–Crippen LogP) is 4.12. The van der Waals surface area contributed by atoms with E-state index in [9.17, 15) is 18.0 Å². The van der Waals surface area contributed by atoms with Crippen molar-refractivity contribution in [1.82, 2.24) is 20.1 Å². The highest BCUT2D eigenvalue weighted by molar-refractivity contribution is 5.97. The third kappa shape index (κ3) is 7.06. The van der Waals surface area contributed by atoms with Gasteiger partial charge in [-0.3, -0.25) is 19.6 Å². The highest BCUT2D eigenvalue weighted by Crippen LogP contribution is 2.40. The van der Waals surface area contributed by atoms with Crippen molar-refractivity contribution in [3.63, 3.8) is 0 Å². The fourth-order valence-electron chi connectivity index (χ4n) is 5.89. The Balaban J connectivity index is 0.00000210. The average Bonchev–Trinajstić information content (AvgIpc) is 3.37. The average molecular weight is 589 g/mol. The minimum atomic E-state index is -0.764. The predicted molar refractivity (Wildman–Crippen MR) is 152 cm³/mol. The van der Waals surface area contributed by atoms with Crippen LogP contribution < -0.4 is 10.2 Å². The Labute approximate surface area is 241 Å². The maximum atomic E-state index is 14.3. The molecule has 0 aliphatic carbocycles. The summed E-state index contributed by atoms with van der Waals surface area (Å²) in [6.07, 6.45) is 1.81. The molecule has 216 valence electrons. The molecule has 1 aromatic carbocycles. The summed E-state index contributed by atoms with van der Waals surface area (Å²) >= 11 is 0. The number of carbonyl (C=O) groups excluding carboxylic acids is 1. The Bertz CT molecular complexity index is 1170. The van der Waals surface area contributed by atoms with Gasteiger partial charge >= 0.3 is 0 Å². The number of benzene rings is 1. The summed E-state index contributed by atoms with van der Waals surface area (Å²) in [7, 11) is 0. The molecule has 6 nitrogen and oxygen atoms in total. The topological polar surface area (TPSA) is 51.7 Å². The number of piperazine rings is 1. The van der Waals surface area contributed by atoms with Gasteiger partial charge in [-0.05, 0) is 31.0 Å². The van der Waals surface area contributed by atoms with Gasteiger partial charge in [0.2, 0.25) is 5.91 Å². The zero-order chi connectivity index (χ0) is 26.3. The number of carbonyl (C=O) groups is 1. The number of rotatable bonds is 6. The number of halogens is 5. The van der Waals surface area contributed by atoms with Crippen LogP contribution in [0, 0.1) is 11.6 Å². The van der Waals surface area contributed by atoms with Crippen LogP contribution in [0.15, 0.2) is 30.5 Å². The molecule has 4 heterocycles. The molecular formula is C28H38Cl2F3N5O. The standard InChI is InChI=1S/C28H36F3N5O.2ClH/c1-18-13-35(23(11-32-18)15-34-7-6-21(30)14-34)16-27(37)36-17-28(2,3)24-12-33-22(10-26(24)36)8-19-4-5-20(29)9-25(19)31;;/h4-5,9-10,12,18,21,23,32H,6-8,11,13-17H2,1-3H3;2*1H. The molecule has 0 radical (unpaired) electrons. The molecule has 3 aliphatic heterocycles. The van der Waals surface area contributed by atoms with Crippen LogP contribution >= 0.6 is 24.8 Å². The van der Waals surface area contributed by atoms with E-state index in [1.807, 2.05) is 11.0 Å². The van der Waals surface area contributed by atoms with Crippen LogP contribution in [0.25, 0.3) is 0 Å². The maximum absolute atomic E-state index is 14.3. The molecule has 2 saturated heterocycles. The number of nitrogens with zero attached hydrogens (tertiary/aromatic N) is 4. The van der Waals surface area contributed by atoms with E-state index in [0.29, 0.717) is 30.8 Å². The van der Waals surface area contributed by atoms with Crippen molar-refractivity contribution in [1.29, 1.82) is 0 Å². The first-order chi connectivity index (χ1) is 17.6. The van der Waals surface area contributed by atoms with E-state index in [4.69, 9.17) is 0 Å². The van der Waals surface area contributed by atoms with Crippen molar-refractivity contribution >= 4 is 36.4 Å². The van der Waals surface area contributed by atoms with E-state index in [1.165, 1.54) is 12.1 Å². The minimum absolute atomic E-state index is 0. The number of hydrogen-bond donors (Lipinski definition) is 1. The molecule has 0 bridgehead atoms. The Kier molecular flexibility index (Phi) is 10.3. The maximum Gasteiger partial charge on any atom is 0.241 e. The van der Waals surface area contributed by atoms with Gasteiger partial charge in [-0.15, -0.1) is 24.8 Å². The number of alkyl halides is 1.